The molecule has 0 radical (unpaired) electrons. The van der Waals surface area contributed by atoms with E-state index in [1.807, 2.05) is 0 Å². The first-order valence-corrected chi connectivity index (χ1v) is 6.23. The molecule has 19 heavy (non-hydrogen) atoms. The van der Waals surface area contributed by atoms with Gasteiger partial charge in [0.15, 0.2) is 0 Å². The minimum Gasteiger partial charge on any atom is -0.497 e. The number of nitrogens with two attached hydrogens (primary N) is 1. The minimum absolute atomic E-state index is 0.125. The smallest absolute Gasteiger partial charge is 0.348 e. The molecule has 1 aromatic heterocycles. The normalized spacial score (nSPS) is 10.2. The summed E-state index contributed by atoms with van der Waals surface area (Å²) in [6.07, 6.45) is 0. The zero-order valence-electron chi connectivity index (χ0n) is 10.5. The van der Waals surface area contributed by atoms with Crippen LogP contribution >= 0.6 is 11.3 Å². The molecule has 1 aromatic carbocycles. The third kappa shape index (κ3) is 2.48. The van der Waals surface area contributed by atoms with Gasteiger partial charge in [-0.05, 0) is 24.3 Å². The summed E-state index contributed by atoms with van der Waals surface area (Å²) in [5, 5.41) is 9.03. The number of thiophene rings is 1. The number of ether oxygens (including phenoxy) is 2. The van der Waals surface area contributed by atoms with Crippen molar-refractivity contribution in [2.75, 3.05) is 20.0 Å². The molecule has 0 unspecified atom stereocenters. The summed E-state index contributed by atoms with van der Waals surface area (Å²) in [5.74, 6) is 0.272. The molecule has 6 heteroatoms. The molecule has 2 rings (SSSR count). The second-order valence-electron chi connectivity index (χ2n) is 3.77. The molecule has 0 aliphatic rings. The Balaban J connectivity index is 2.57. The lowest BCUT2D eigenvalue weighted by Gasteiger charge is -2.08. The van der Waals surface area contributed by atoms with Gasteiger partial charge in [0, 0.05) is 10.4 Å². The Labute approximate surface area is 114 Å². The second kappa shape index (κ2) is 5.19. The molecular formula is C13H13NO4S. The topological polar surface area (TPSA) is 81.8 Å². The Morgan fingerprint density at radius 3 is 2.53 bits per heavy atom. The van der Waals surface area contributed by atoms with Gasteiger partial charge in [-0.2, -0.15) is 0 Å². The van der Waals surface area contributed by atoms with Crippen LogP contribution in [0.15, 0.2) is 24.3 Å². The summed E-state index contributed by atoms with van der Waals surface area (Å²) in [4.78, 5) is 11.9. The summed E-state index contributed by atoms with van der Waals surface area (Å²) in [5.41, 5.74) is 6.70. The van der Waals surface area contributed by atoms with E-state index in [0.717, 1.165) is 21.8 Å². The maximum Gasteiger partial charge on any atom is 0.348 e. The molecule has 3 N–H and O–H groups in total. The quantitative estimate of drug-likeness (QED) is 0.899. The van der Waals surface area contributed by atoms with Crippen LogP contribution in [0.2, 0.25) is 0 Å². The summed E-state index contributed by atoms with van der Waals surface area (Å²) < 4.78 is 10.4. The molecule has 0 bridgehead atoms. The molecule has 0 amide bonds. The predicted molar refractivity (Wildman–Crippen MR) is 74.2 cm³/mol. The van der Waals surface area contributed by atoms with Gasteiger partial charge in [-0.1, -0.05) is 0 Å². The summed E-state index contributed by atoms with van der Waals surface area (Å²) in [6, 6.07) is 6.96. The lowest BCUT2D eigenvalue weighted by molar-refractivity contribution is 0.0703. The van der Waals surface area contributed by atoms with Crippen LogP contribution in [-0.4, -0.2) is 25.3 Å². The highest BCUT2D eigenvalue weighted by molar-refractivity contribution is 7.18. The monoisotopic (exact) mass is 279 g/mol. The van der Waals surface area contributed by atoms with Gasteiger partial charge in [-0.15, -0.1) is 11.3 Å². The van der Waals surface area contributed by atoms with Crippen LogP contribution in [0.25, 0.3) is 10.4 Å². The van der Waals surface area contributed by atoms with Gasteiger partial charge in [0.25, 0.3) is 0 Å². The van der Waals surface area contributed by atoms with Crippen molar-refractivity contribution in [1.82, 2.24) is 0 Å². The number of carboxylic acid groups (broad SMARTS) is 1. The first kappa shape index (κ1) is 13.2. The Morgan fingerprint density at radius 2 is 2.00 bits per heavy atom. The van der Waals surface area contributed by atoms with Crippen molar-refractivity contribution >= 4 is 23.0 Å². The average molecular weight is 279 g/mol. The number of rotatable bonds is 4. The van der Waals surface area contributed by atoms with Gasteiger partial charge >= 0.3 is 5.97 Å². The maximum absolute atomic E-state index is 11.0. The van der Waals surface area contributed by atoms with Crippen molar-refractivity contribution in [1.29, 1.82) is 0 Å². The molecule has 0 atom stereocenters. The van der Waals surface area contributed by atoms with Crippen LogP contribution in [0.4, 0.5) is 5.69 Å². The van der Waals surface area contributed by atoms with Crippen molar-refractivity contribution in [3.05, 3.63) is 29.1 Å². The highest BCUT2D eigenvalue weighted by atomic mass is 32.1. The van der Waals surface area contributed by atoms with E-state index in [4.69, 9.17) is 20.3 Å². The molecule has 1 heterocycles. The van der Waals surface area contributed by atoms with Crippen LogP contribution in [0.5, 0.6) is 11.5 Å². The molecule has 0 saturated carbocycles. The van der Waals surface area contributed by atoms with Crippen molar-refractivity contribution in [3.63, 3.8) is 0 Å². The van der Waals surface area contributed by atoms with Crippen LogP contribution in [0.3, 0.4) is 0 Å². The molecule has 0 aliphatic carbocycles. The summed E-state index contributed by atoms with van der Waals surface area (Å²) >= 11 is 1.11. The summed E-state index contributed by atoms with van der Waals surface area (Å²) in [7, 11) is 3.12. The van der Waals surface area contributed by atoms with Crippen molar-refractivity contribution in [3.8, 4) is 21.9 Å². The Bertz CT molecular complexity index is 621. The Kier molecular flexibility index (Phi) is 3.62. The SMILES string of the molecule is COc1ccc(OC)c(-c2cc(N)c(C(=O)O)s2)c1. The van der Waals surface area contributed by atoms with E-state index in [2.05, 4.69) is 0 Å². The van der Waals surface area contributed by atoms with Gasteiger partial charge in [0.1, 0.15) is 16.4 Å². The molecule has 0 fully saturated rings. The van der Waals surface area contributed by atoms with E-state index in [9.17, 15) is 4.79 Å². The predicted octanol–water partition coefficient (Wildman–Crippen LogP) is 2.71. The van der Waals surface area contributed by atoms with Crippen molar-refractivity contribution < 1.29 is 19.4 Å². The highest BCUT2D eigenvalue weighted by Crippen LogP contribution is 2.39. The van der Waals surface area contributed by atoms with Crippen molar-refractivity contribution in [2.24, 2.45) is 0 Å². The highest BCUT2D eigenvalue weighted by Gasteiger charge is 2.17. The lowest BCUT2D eigenvalue weighted by atomic mass is 10.1. The van der Waals surface area contributed by atoms with Crippen LogP contribution in [-0.2, 0) is 0 Å². The third-order valence-electron chi connectivity index (χ3n) is 2.63. The van der Waals surface area contributed by atoms with Crippen LogP contribution in [0.1, 0.15) is 9.67 Å². The molecule has 0 spiro atoms. The van der Waals surface area contributed by atoms with E-state index in [1.54, 1.807) is 38.5 Å². The standard InChI is InChI=1S/C13H13NO4S/c1-17-7-3-4-10(18-2)8(5-7)11-6-9(14)12(19-11)13(15)16/h3-6H,14H2,1-2H3,(H,15,16). The maximum atomic E-state index is 11.0. The fourth-order valence-electron chi connectivity index (χ4n) is 1.71. The first-order chi connectivity index (χ1) is 9.06. The number of carboxylic acids is 1. The first-order valence-electron chi connectivity index (χ1n) is 5.41. The Morgan fingerprint density at radius 1 is 1.26 bits per heavy atom. The summed E-state index contributed by atoms with van der Waals surface area (Å²) in [6.45, 7) is 0. The number of hydrogen-bond acceptors (Lipinski definition) is 5. The van der Waals surface area contributed by atoms with Gasteiger partial charge in [-0.3, -0.25) is 0 Å². The van der Waals surface area contributed by atoms with Crippen LogP contribution < -0.4 is 15.2 Å². The minimum atomic E-state index is -1.03. The van der Waals surface area contributed by atoms with E-state index in [0.29, 0.717) is 11.5 Å². The molecule has 0 saturated heterocycles. The number of aromatic carboxylic acids is 1. The number of methoxy groups -OCH3 is 2. The Hall–Kier alpha value is -2.21. The lowest BCUT2D eigenvalue weighted by Crippen LogP contribution is -1.96. The van der Waals surface area contributed by atoms with Crippen LogP contribution in [0, 0.1) is 0 Å². The fraction of sp³-hybridized carbons (Fsp3) is 0.154. The van der Waals surface area contributed by atoms with Gasteiger partial charge in [0.05, 0.1) is 19.9 Å². The van der Waals surface area contributed by atoms with Gasteiger partial charge in [-0.25, -0.2) is 4.79 Å². The average Bonchev–Trinajstić information content (AvgIpc) is 2.80. The van der Waals surface area contributed by atoms with E-state index >= 15 is 0 Å². The zero-order valence-corrected chi connectivity index (χ0v) is 11.3. The fourth-order valence-corrected chi connectivity index (χ4v) is 2.65. The zero-order chi connectivity index (χ0) is 14.0. The second-order valence-corrected chi connectivity index (χ2v) is 4.82. The molecule has 0 aliphatic heterocycles. The number of benzene rings is 1. The van der Waals surface area contributed by atoms with Crippen molar-refractivity contribution in [2.45, 2.75) is 0 Å². The van der Waals surface area contributed by atoms with E-state index < -0.39 is 5.97 Å². The molecular weight excluding hydrogens is 266 g/mol. The number of nitrogen functional groups attached to an aromatic ring is 1. The van der Waals surface area contributed by atoms with Gasteiger partial charge in [0.2, 0.25) is 0 Å². The molecule has 100 valence electrons. The number of anilines is 1. The third-order valence-corrected chi connectivity index (χ3v) is 3.80. The van der Waals surface area contributed by atoms with E-state index in [1.165, 1.54) is 0 Å². The number of carbonyl (C=O) groups is 1. The number of hydrogen-bond donors (Lipinski definition) is 2. The molecule has 5 nitrogen and oxygen atoms in total. The molecule has 2 aromatic rings. The van der Waals surface area contributed by atoms with Gasteiger partial charge < -0.3 is 20.3 Å². The largest absolute Gasteiger partial charge is 0.497 e. The van der Waals surface area contributed by atoms with E-state index in [-0.39, 0.29) is 10.6 Å².